The largest absolute Gasteiger partial charge is 0.459 e. The molecular weight excluding hydrogens is 334 g/mol. The molecule has 2 heterocycles. The van der Waals surface area contributed by atoms with Crippen LogP contribution < -0.4 is 15.4 Å². The van der Waals surface area contributed by atoms with Crippen molar-refractivity contribution in [3.05, 3.63) is 72.9 Å². The van der Waals surface area contributed by atoms with Gasteiger partial charge in [0.1, 0.15) is 11.5 Å². The highest BCUT2D eigenvalue weighted by Crippen LogP contribution is 2.22. The van der Waals surface area contributed by atoms with Gasteiger partial charge in [0.15, 0.2) is 5.76 Å². The average molecular weight is 351 g/mol. The standard InChI is InChI=1S/C19H17N3O4/c23-18(9-12-21-19(24)17-2-1-13-25-17)22-14-3-5-15(6-4-14)26-16-7-10-20-11-8-16/h1-8,10-11,13H,9,12H2,(H,21,24)(H,22,23). The minimum absolute atomic E-state index is 0.154. The SMILES string of the molecule is O=C(CCNC(=O)c1ccco1)Nc1ccc(Oc2ccncc2)cc1. The van der Waals surface area contributed by atoms with Crippen molar-refractivity contribution in [3.63, 3.8) is 0 Å². The summed E-state index contributed by atoms with van der Waals surface area (Å²) in [5.74, 6) is 1.01. The molecule has 7 heteroatoms. The Labute approximate surface area is 150 Å². The summed E-state index contributed by atoms with van der Waals surface area (Å²) in [4.78, 5) is 27.5. The molecule has 0 aliphatic heterocycles. The van der Waals surface area contributed by atoms with E-state index >= 15 is 0 Å². The molecule has 3 aromatic rings. The van der Waals surface area contributed by atoms with Crippen molar-refractivity contribution in [1.29, 1.82) is 0 Å². The molecule has 1 aromatic carbocycles. The van der Waals surface area contributed by atoms with Gasteiger partial charge in [-0.15, -0.1) is 0 Å². The fraction of sp³-hybridized carbons (Fsp3) is 0.105. The van der Waals surface area contributed by atoms with Crippen LogP contribution in [0.1, 0.15) is 17.0 Å². The van der Waals surface area contributed by atoms with Crippen LogP contribution in [-0.2, 0) is 4.79 Å². The van der Waals surface area contributed by atoms with Crippen molar-refractivity contribution in [2.45, 2.75) is 6.42 Å². The van der Waals surface area contributed by atoms with Gasteiger partial charge < -0.3 is 19.8 Å². The van der Waals surface area contributed by atoms with E-state index < -0.39 is 0 Å². The smallest absolute Gasteiger partial charge is 0.286 e. The lowest BCUT2D eigenvalue weighted by molar-refractivity contribution is -0.116. The van der Waals surface area contributed by atoms with Crippen molar-refractivity contribution < 1.29 is 18.7 Å². The molecule has 0 bridgehead atoms. The highest BCUT2D eigenvalue weighted by Gasteiger charge is 2.09. The van der Waals surface area contributed by atoms with Crippen molar-refractivity contribution in [1.82, 2.24) is 10.3 Å². The molecule has 0 aliphatic carbocycles. The number of ether oxygens (including phenoxy) is 1. The second kappa shape index (κ2) is 8.48. The van der Waals surface area contributed by atoms with E-state index in [0.717, 1.165) is 0 Å². The summed E-state index contributed by atoms with van der Waals surface area (Å²) in [7, 11) is 0. The highest BCUT2D eigenvalue weighted by molar-refractivity contribution is 5.93. The first-order valence-corrected chi connectivity index (χ1v) is 8.00. The number of furan rings is 1. The number of nitrogens with zero attached hydrogens (tertiary/aromatic N) is 1. The summed E-state index contributed by atoms with van der Waals surface area (Å²) >= 11 is 0. The first kappa shape index (κ1) is 17.2. The van der Waals surface area contributed by atoms with Crippen LogP contribution in [0, 0.1) is 0 Å². The average Bonchev–Trinajstić information content (AvgIpc) is 3.19. The lowest BCUT2D eigenvalue weighted by atomic mass is 10.3. The Bertz CT molecular complexity index is 846. The molecule has 0 atom stereocenters. The second-order valence-electron chi connectivity index (χ2n) is 5.34. The maximum absolute atomic E-state index is 11.9. The van der Waals surface area contributed by atoms with Gasteiger partial charge in [0, 0.05) is 31.0 Å². The molecule has 0 fully saturated rings. The van der Waals surface area contributed by atoms with Gasteiger partial charge in [-0.2, -0.15) is 0 Å². The van der Waals surface area contributed by atoms with Crippen molar-refractivity contribution in [3.8, 4) is 11.5 Å². The molecule has 0 saturated heterocycles. The third-order valence-electron chi connectivity index (χ3n) is 3.41. The molecule has 2 aromatic heterocycles. The van der Waals surface area contributed by atoms with Crippen LogP contribution >= 0.6 is 0 Å². The molecule has 132 valence electrons. The van der Waals surface area contributed by atoms with Crippen LogP contribution in [0.15, 0.2) is 71.6 Å². The number of pyridine rings is 1. The third kappa shape index (κ3) is 4.94. The van der Waals surface area contributed by atoms with Crippen LogP contribution in [0.3, 0.4) is 0 Å². The van der Waals surface area contributed by atoms with Gasteiger partial charge in [-0.05, 0) is 48.5 Å². The number of aromatic nitrogens is 1. The number of hydrogen-bond donors (Lipinski definition) is 2. The van der Waals surface area contributed by atoms with E-state index in [1.54, 1.807) is 60.9 Å². The Morgan fingerprint density at radius 2 is 1.73 bits per heavy atom. The van der Waals surface area contributed by atoms with Gasteiger partial charge >= 0.3 is 0 Å². The lowest BCUT2D eigenvalue weighted by Crippen LogP contribution is -2.27. The Kier molecular flexibility index (Phi) is 5.61. The molecule has 0 radical (unpaired) electrons. The molecule has 2 N–H and O–H groups in total. The number of benzene rings is 1. The predicted molar refractivity (Wildman–Crippen MR) is 95.0 cm³/mol. The molecule has 0 spiro atoms. The minimum atomic E-state index is -0.347. The zero-order valence-electron chi connectivity index (χ0n) is 13.8. The molecule has 2 amide bonds. The summed E-state index contributed by atoms with van der Waals surface area (Å²) < 4.78 is 10.6. The van der Waals surface area contributed by atoms with E-state index in [1.807, 2.05) is 0 Å². The Morgan fingerprint density at radius 1 is 1.00 bits per heavy atom. The van der Waals surface area contributed by atoms with Gasteiger partial charge in [0.25, 0.3) is 5.91 Å². The fourth-order valence-electron chi connectivity index (χ4n) is 2.16. The third-order valence-corrected chi connectivity index (χ3v) is 3.41. The van der Waals surface area contributed by atoms with E-state index in [1.165, 1.54) is 6.26 Å². The predicted octanol–water partition coefficient (Wildman–Crippen LogP) is 3.23. The number of amides is 2. The zero-order chi connectivity index (χ0) is 18.2. The Balaban J connectivity index is 1.43. The van der Waals surface area contributed by atoms with E-state index in [9.17, 15) is 9.59 Å². The molecular formula is C19H17N3O4. The van der Waals surface area contributed by atoms with Gasteiger partial charge in [0.05, 0.1) is 6.26 Å². The number of anilines is 1. The van der Waals surface area contributed by atoms with Crippen LogP contribution in [0.4, 0.5) is 5.69 Å². The number of carbonyl (C=O) groups is 2. The summed E-state index contributed by atoms with van der Waals surface area (Å²) in [6.45, 7) is 0.217. The quantitative estimate of drug-likeness (QED) is 0.682. The van der Waals surface area contributed by atoms with Crippen LogP contribution in [0.25, 0.3) is 0 Å². The zero-order valence-corrected chi connectivity index (χ0v) is 13.8. The van der Waals surface area contributed by atoms with E-state index in [0.29, 0.717) is 17.2 Å². The summed E-state index contributed by atoms with van der Waals surface area (Å²) in [5.41, 5.74) is 0.648. The summed E-state index contributed by atoms with van der Waals surface area (Å²) in [5, 5.41) is 5.38. The Hall–Kier alpha value is -3.61. The lowest BCUT2D eigenvalue weighted by Gasteiger charge is -2.08. The monoisotopic (exact) mass is 351 g/mol. The normalized spacial score (nSPS) is 10.2. The van der Waals surface area contributed by atoms with Crippen LogP contribution in [-0.4, -0.2) is 23.3 Å². The number of carbonyl (C=O) groups excluding carboxylic acids is 2. The first-order valence-electron chi connectivity index (χ1n) is 8.00. The molecule has 0 aliphatic rings. The highest BCUT2D eigenvalue weighted by atomic mass is 16.5. The van der Waals surface area contributed by atoms with E-state index in [4.69, 9.17) is 9.15 Å². The van der Waals surface area contributed by atoms with Gasteiger partial charge in [-0.1, -0.05) is 0 Å². The topological polar surface area (TPSA) is 93.5 Å². The molecule has 3 rings (SSSR count). The van der Waals surface area contributed by atoms with Gasteiger partial charge in [0.2, 0.25) is 5.91 Å². The minimum Gasteiger partial charge on any atom is -0.459 e. The number of nitrogens with one attached hydrogen (secondary N) is 2. The molecule has 26 heavy (non-hydrogen) atoms. The maximum Gasteiger partial charge on any atom is 0.286 e. The number of rotatable bonds is 7. The molecule has 0 unspecified atom stereocenters. The fourth-order valence-corrected chi connectivity index (χ4v) is 2.16. The molecule has 7 nitrogen and oxygen atoms in total. The number of hydrogen-bond acceptors (Lipinski definition) is 5. The van der Waals surface area contributed by atoms with Gasteiger partial charge in [-0.25, -0.2) is 0 Å². The van der Waals surface area contributed by atoms with Crippen molar-refractivity contribution in [2.75, 3.05) is 11.9 Å². The van der Waals surface area contributed by atoms with Crippen molar-refractivity contribution >= 4 is 17.5 Å². The van der Waals surface area contributed by atoms with E-state index in [-0.39, 0.29) is 30.5 Å². The van der Waals surface area contributed by atoms with Crippen LogP contribution in [0.2, 0.25) is 0 Å². The summed E-state index contributed by atoms with van der Waals surface area (Å²) in [6.07, 6.45) is 4.87. The molecule has 0 saturated carbocycles. The van der Waals surface area contributed by atoms with E-state index in [2.05, 4.69) is 15.6 Å². The second-order valence-corrected chi connectivity index (χ2v) is 5.34. The first-order chi connectivity index (χ1) is 12.7. The van der Waals surface area contributed by atoms with Gasteiger partial charge in [-0.3, -0.25) is 14.6 Å². The van der Waals surface area contributed by atoms with Crippen LogP contribution in [0.5, 0.6) is 11.5 Å². The maximum atomic E-state index is 11.9. The Morgan fingerprint density at radius 3 is 2.42 bits per heavy atom. The van der Waals surface area contributed by atoms with Crippen molar-refractivity contribution in [2.24, 2.45) is 0 Å². The summed E-state index contributed by atoms with van der Waals surface area (Å²) in [6, 6.07) is 13.7.